The highest BCUT2D eigenvalue weighted by molar-refractivity contribution is 9.10. The van der Waals surface area contributed by atoms with E-state index in [0.717, 1.165) is 22.5 Å². The van der Waals surface area contributed by atoms with Gasteiger partial charge in [0.05, 0.1) is 5.69 Å². The monoisotopic (exact) mass is 288 g/mol. The molecule has 0 saturated carbocycles. The zero-order valence-electron chi connectivity index (χ0n) is 8.71. The van der Waals surface area contributed by atoms with Crippen LogP contribution in [0.4, 0.5) is 5.82 Å². The van der Waals surface area contributed by atoms with Crippen LogP contribution >= 0.6 is 27.5 Å². The molecule has 0 amide bonds. The van der Waals surface area contributed by atoms with Crippen LogP contribution in [0.25, 0.3) is 0 Å². The molecule has 1 saturated heterocycles. The van der Waals surface area contributed by atoms with Crippen molar-refractivity contribution in [2.45, 2.75) is 25.8 Å². The first kappa shape index (κ1) is 11.2. The van der Waals surface area contributed by atoms with Gasteiger partial charge < -0.3 is 4.90 Å². The first-order valence-electron chi connectivity index (χ1n) is 5.18. The molecule has 0 N–H and O–H groups in total. The van der Waals surface area contributed by atoms with Gasteiger partial charge in [-0.05, 0) is 47.8 Å². The lowest BCUT2D eigenvalue weighted by Crippen LogP contribution is -2.31. The van der Waals surface area contributed by atoms with Crippen LogP contribution in [0.1, 0.15) is 18.5 Å². The van der Waals surface area contributed by atoms with Crippen molar-refractivity contribution in [2.75, 3.05) is 17.3 Å². The summed E-state index contributed by atoms with van der Waals surface area (Å²) in [5.74, 6) is 1.75. The lowest BCUT2D eigenvalue weighted by atomic mass is 10.2. The summed E-state index contributed by atoms with van der Waals surface area (Å²) in [4.78, 5) is 6.89. The highest BCUT2D eigenvalue weighted by atomic mass is 79.9. The maximum absolute atomic E-state index is 5.94. The molecule has 0 radical (unpaired) electrons. The molecule has 1 aliphatic heterocycles. The second-order valence-corrected chi connectivity index (χ2v) is 5.04. The Morgan fingerprint density at radius 1 is 1.60 bits per heavy atom. The van der Waals surface area contributed by atoms with Crippen molar-refractivity contribution in [1.82, 2.24) is 4.98 Å². The van der Waals surface area contributed by atoms with Gasteiger partial charge in [-0.15, -0.1) is 11.6 Å². The second kappa shape index (κ2) is 4.71. The van der Waals surface area contributed by atoms with Crippen LogP contribution in [0.5, 0.6) is 0 Å². The number of aromatic nitrogens is 1. The molecule has 15 heavy (non-hydrogen) atoms. The van der Waals surface area contributed by atoms with Crippen LogP contribution in [0.15, 0.2) is 16.6 Å². The number of hydrogen-bond acceptors (Lipinski definition) is 2. The summed E-state index contributed by atoms with van der Waals surface area (Å²) in [5, 5.41) is 0. The van der Waals surface area contributed by atoms with Gasteiger partial charge in [0.25, 0.3) is 0 Å². The highest BCUT2D eigenvalue weighted by Gasteiger charge is 2.24. The molecule has 2 heterocycles. The maximum atomic E-state index is 5.94. The zero-order valence-corrected chi connectivity index (χ0v) is 11.1. The van der Waals surface area contributed by atoms with Crippen molar-refractivity contribution in [3.05, 3.63) is 22.3 Å². The SMILES string of the molecule is Cc1nc(N2CCCC2CCl)ccc1Br. The molecule has 4 heteroatoms. The molecule has 82 valence electrons. The summed E-state index contributed by atoms with van der Waals surface area (Å²) in [6.45, 7) is 3.09. The number of alkyl halides is 1. The van der Waals surface area contributed by atoms with Gasteiger partial charge in [-0.1, -0.05) is 0 Å². The lowest BCUT2D eigenvalue weighted by molar-refractivity contribution is 0.732. The van der Waals surface area contributed by atoms with Crippen molar-refractivity contribution in [1.29, 1.82) is 0 Å². The molecular formula is C11H14BrClN2. The van der Waals surface area contributed by atoms with Gasteiger partial charge in [0.1, 0.15) is 5.82 Å². The third-order valence-corrected chi connectivity index (χ3v) is 4.05. The van der Waals surface area contributed by atoms with Gasteiger partial charge in [0, 0.05) is 22.9 Å². The normalized spacial score (nSPS) is 21.0. The molecule has 1 fully saturated rings. The number of hydrogen-bond donors (Lipinski definition) is 0. The average molecular weight is 290 g/mol. The van der Waals surface area contributed by atoms with Crippen molar-refractivity contribution in [3.8, 4) is 0 Å². The van der Waals surface area contributed by atoms with Gasteiger partial charge in [0.2, 0.25) is 0 Å². The van der Waals surface area contributed by atoms with E-state index in [0.29, 0.717) is 11.9 Å². The lowest BCUT2D eigenvalue weighted by Gasteiger charge is -2.24. The molecule has 2 nitrogen and oxygen atoms in total. The first-order valence-corrected chi connectivity index (χ1v) is 6.51. The fourth-order valence-corrected chi connectivity index (χ4v) is 2.53. The summed E-state index contributed by atoms with van der Waals surface area (Å²) >= 11 is 9.41. The number of aryl methyl sites for hydroxylation is 1. The molecule has 0 aromatic carbocycles. The minimum absolute atomic E-state index is 0.458. The van der Waals surface area contributed by atoms with Crippen LogP contribution in [-0.4, -0.2) is 23.5 Å². The van der Waals surface area contributed by atoms with E-state index in [-0.39, 0.29) is 0 Å². The molecule has 1 atom stereocenters. The van der Waals surface area contributed by atoms with E-state index >= 15 is 0 Å². The van der Waals surface area contributed by atoms with Crippen molar-refractivity contribution in [2.24, 2.45) is 0 Å². The Balaban J connectivity index is 2.25. The molecule has 0 aliphatic carbocycles. The highest BCUT2D eigenvalue weighted by Crippen LogP contribution is 2.26. The van der Waals surface area contributed by atoms with Crippen LogP contribution in [0, 0.1) is 6.92 Å². The van der Waals surface area contributed by atoms with E-state index in [4.69, 9.17) is 11.6 Å². The maximum Gasteiger partial charge on any atom is 0.129 e. The van der Waals surface area contributed by atoms with E-state index in [1.54, 1.807) is 0 Å². The van der Waals surface area contributed by atoms with Gasteiger partial charge in [-0.25, -0.2) is 4.98 Å². The predicted molar refractivity (Wildman–Crippen MR) is 67.8 cm³/mol. The number of halogens is 2. The number of pyridine rings is 1. The number of anilines is 1. The fraction of sp³-hybridized carbons (Fsp3) is 0.545. The predicted octanol–water partition coefficient (Wildman–Crippen LogP) is 3.36. The van der Waals surface area contributed by atoms with Gasteiger partial charge in [0.15, 0.2) is 0 Å². The Morgan fingerprint density at radius 3 is 3.07 bits per heavy atom. The second-order valence-electron chi connectivity index (χ2n) is 3.88. The molecule has 1 aliphatic rings. The van der Waals surface area contributed by atoms with Crippen LogP contribution < -0.4 is 4.90 Å². The average Bonchev–Trinajstić information content (AvgIpc) is 2.70. The number of nitrogens with zero attached hydrogens (tertiary/aromatic N) is 2. The molecular weight excluding hydrogens is 275 g/mol. The van der Waals surface area contributed by atoms with Crippen molar-refractivity contribution >= 4 is 33.3 Å². The molecule has 0 spiro atoms. The summed E-state index contributed by atoms with van der Waals surface area (Å²) in [6.07, 6.45) is 2.40. The largest absolute Gasteiger partial charge is 0.352 e. The van der Waals surface area contributed by atoms with Gasteiger partial charge in [-0.3, -0.25) is 0 Å². The Morgan fingerprint density at radius 2 is 2.40 bits per heavy atom. The smallest absolute Gasteiger partial charge is 0.129 e. The topological polar surface area (TPSA) is 16.1 Å². The molecule has 1 unspecified atom stereocenters. The molecule has 1 aromatic heterocycles. The van der Waals surface area contributed by atoms with E-state index in [1.807, 2.05) is 6.92 Å². The van der Waals surface area contributed by atoms with E-state index < -0.39 is 0 Å². The quantitative estimate of drug-likeness (QED) is 0.776. The van der Waals surface area contributed by atoms with Gasteiger partial charge >= 0.3 is 0 Å². The summed E-state index contributed by atoms with van der Waals surface area (Å²) in [6, 6.07) is 4.57. The Kier molecular flexibility index (Phi) is 3.52. The summed E-state index contributed by atoms with van der Waals surface area (Å²) in [5.41, 5.74) is 1.03. The molecule has 0 bridgehead atoms. The Labute approximate surface area is 104 Å². The van der Waals surface area contributed by atoms with Crippen LogP contribution in [0.3, 0.4) is 0 Å². The zero-order chi connectivity index (χ0) is 10.8. The van der Waals surface area contributed by atoms with Crippen LogP contribution in [-0.2, 0) is 0 Å². The first-order chi connectivity index (χ1) is 7.22. The minimum atomic E-state index is 0.458. The van der Waals surface area contributed by atoms with Crippen molar-refractivity contribution < 1.29 is 0 Å². The summed E-state index contributed by atoms with van der Waals surface area (Å²) < 4.78 is 1.06. The third kappa shape index (κ3) is 2.28. The minimum Gasteiger partial charge on any atom is -0.352 e. The van der Waals surface area contributed by atoms with E-state index in [9.17, 15) is 0 Å². The molecule has 1 aromatic rings. The van der Waals surface area contributed by atoms with E-state index in [1.165, 1.54) is 12.8 Å². The summed E-state index contributed by atoms with van der Waals surface area (Å²) in [7, 11) is 0. The molecule has 2 rings (SSSR count). The Hall–Kier alpha value is -0.280. The number of rotatable bonds is 2. The standard InChI is InChI=1S/C11H14BrClN2/c1-8-10(12)4-5-11(14-8)15-6-2-3-9(15)7-13/h4-5,9H,2-3,6-7H2,1H3. The fourth-order valence-electron chi connectivity index (χ4n) is 1.99. The van der Waals surface area contributed by atoms with E-state index in [2.05, 4.69) is 37.9 Å². The van der Waals surface area contributed by atoms with Crippen LogP contribution in [0.2, 0.25) is 0 Å². The van der Waals surface area contributed by atoms with Crippen molar-refractivity contribution in [3.63, 3.8) is 0 Å². The van der Waals surface area contributed by atoms with Gasteiger partial charge in [-0.2, -0.15) is 0 Å². The third-order valence-electron chi connectivity index (χ3n) is 2.86. The Bertz CT molecular complexity index is 356.